The Kier molecular flexibility index (Phi) is 4.67. The molecular formula is C12H16ClNO4S. The van der Waals surface area contributed by atoms with Gasteiger partial charge in [0.2, 0.25) is 10.0 Å². The first kappa shape index (κ1) is 14.6. The van der Waals surface area contributed by atoms with Crippen molar-refractivity contribution in [2.75, 3.05) is 32.7 Å². The summed E-state index contributed by atoms with van der Waals surface area (Å²) in [5.41, 5.74) is 0. The molecule has 2 rings (SSSR count). The van der Waals surface area contributed by atoms with Crippen LogP contribution in [0.25, 0.3) is 0 Å². The molecule has 0 N–H and O–H groups in total. The molecule has 0 bridgehead atoms. The van der Waals surface area contributed by atoms with Gasteiger partial charge < -0.3 is 9.47 Å². The fourth-order valence-corrected chi connectivity index (χ4v) is 3.89. The Morgan fingerprint density at radius 3 is 2.68 bits per heavy atom. The van der Waals surface area contributed by atoms with Crippen molar-refractivity contribution in [2.24, 2.45) is 0 Å². The van der Waals surface area contributed by atoms with E-state index >= 15 is 0 Å². The molecule has 1 atom stereocenters. The molecule has 1 saturated heterocycles. The van der Waals surface area contributed by atoms with Crippen LogP contribution < -0.4 is 4.74 Å². The van der Waals surface area contributed by atoms with E-state index in [1.165, 1.54) is 23.5 Å². The molecule has 0 aromatic heterocycles. The summed E-state index contributed by atoms with van der Waals surface area (Å²) in [5.74, 6) is 0.838. The van der Waals surface area contributed by atoms with E-state index in [4.69, 9.17) is 21.1 Å². The Bertz CT molecular complexity index is 517. The maximum atomic E-state index is 12.5. The first-order valence-corrected chi connectivity index (χ1v) is 7.86. The third kappa shape index (κ3) is 3.02. The summed E-state index contributed by atoms with van der Waals surface area (Å²) in [6, 6.07) is 6.01. The molecule has 1 aromatic carbocycles. The van der Waals surface area contributed by atoms with Gasteiger partial charge in [0.1, 0.15) is 5.75 Å². The highest BCUT2D eigenvalue weighted by Gasteiger charge is 2.33. The van der Waals surface area contributed by atoms with Crippen LogP contribution in [0.4, 0.5) is 0 Å². The summed E-state index contributed by atoms with van der Waals surface area (Å²) in [6.07, 6.45) is 0. The standard InChI is InChI=1S/C12H16ClNO4S/c1-17-11-2-4-12(5-3-11)19(15,16)14-6-7-18-9-10(14)8-13/h2-5,10H,6-9H2,1H3. The fourth-order valence-electron chi connectivity index (χ4n) is 1.96. The molecule has 1 aliphatic heterocycles. The number of benzene rings is 1. The Morgan fingerprint density at radius 1 is 1.42 bits per heavy atom. The molecule has 1 aromatic rings. The zero-order chi connectivity index (χ0) is 13.9. The number of ether oxygens (including phenoxy) is 2. The van der Waals surface area contributed by atoms with Crippen LogP contribution in [0, 0.1) is 0 Å². The van der Waals surface area contributed by atoms with Crippen molar-refractivity contribution >= 4 is 21.6 Å². The molecule has 0 aliphatic carbocycles. The minimum atomic E-state index is -3.53. The lowest BCUT2D eigenvalue weighted by molar-refractivity contribution is 0.0404. The minimum absolute atomic E-state index is 0.218. The summed E-state index contributed by atoms with van der Waals surface area (Å²) >= 11 is 5.81. The van der Waals surface area contributed by atoms with Crippen LogP contribution in [0.5, 0.6) is 5.75 Å². The second-order valence-corrected chi connectivity index (χ2v) is 6.37. The van der Waals surface area contributed by atoms with Gasteiger partial charge in [-0.3, -0.25) is 0 Å². The molecule has 1 unspecified atom stereocenters. The third-order valence-electron chi connectivity index (χ3n) is 3.02. The van der Waals surface area contributed by atoms with E-state index in [9.17, 15) is 8.42 Å². The van der Waals surface area contributed by atoms with Gasteiger partial charge >= 0.3 is 0 Å². The van der Waals surface area contributed by atoms with E-state index in [0.717, 1.165) is 0 Å². The topological polar surface area (TPSA) is 55.8 Å². The van der Waals surface area contributed by atoms with Gasteiger partial charge in [-0.2, -0.15) is 4.31 Å². The number of halogens is 1. The van der Waals surface area contributed by atoms with Gasteiger partial charge in [-0.1, -0.05) is 0 Å². The number of sulfonamides is 1. The Hall–Kier alpha value is -0.820. The lowest BCUT2D eigenvalue weighted by Gasteiger charge is -2.33. The molecule has 1 aliphatic rings. The van der Waals surface area contributed by atoms with E-state index in [2.05, 4.69) is 0 Å². The normalized spacial score (nSPS) is 21.3. The van der Waals surface area contributed by atoms with Crippen LogP contribution in [0.15, 0.2) is 29.2 Å². The van der Waals surface area contributed by atoms with E-state index in [-0.39, 0.29) is 16.8 Å². The molecule has 0 radical (unpaired) electrons. The Balaban J connectivity index is 2.29. The van der Waals surface area contributed by atoms with Crippen molar-refractivity contribution in [1.82, 2.24) is 4.31 Å². The van der Waals surface area contributed by atoms with Gasteiger partial charge in [-0.25, -0.2) is 8.42 Å². The van der Waals surface area contributed by atoms with E-state index in [1.807, 2.05) is 0 Å². The van der Waals surface area contributed by atoms with Crippen molar-refractivity contribution < 1.29 is 17.9 Å². The maximum absolute atomic E-state index is 12.5. The maximum Gasteiger partial charge on any atom is 0.243 e. The summed E-state index contributed by atoms with van der Waals surface area (Å²) < 4.78 is 36.7. The van der Waals surface area contributed by atoms with Gasteiger partial charge in [0.15, 0.2) is 0 Å². The molecule has 0 amide bonds. The van der Waals surface area contributed by atoms with Crippen LogP contribution in [-0.2, 0) is 14.8 Å². The molecule has 1 fully saturated rings. The molecule has 19 heavy (non-hydrogen) atoms. The first-order chi connectivity index (χ1) is 9.09. The number of morpholine rings is 1. The molecule has 1 heterocycles. The van der Waals surface area contributed by atoms with Crippen molar-refractivity contribution in [3.8, 4) is 5.75 Å². The molecule has 106 valence electrons. The van der Waals surface area contributed by atoms with Gasteiger partial charge in [-0.05, 0) is 24.3 Å². The predicted octanol–water partition coefficient (Wildman–Crippen LogP) is 1.32. The Labute approximate surface area is 118 Å². The SMILES string of the molecule is COc1ccc(S(=O)(=O)N2CCOCC2CCl)cc1. The number of hydrogen-bond donors (Lipinski definition) is 0. The lowest BCUT2D eigenvalue weighted by Crippen LogP contribution is -2.49. The molecule has 5 nitrogen and oxygen atoms in total. The van der Waals surface area contributed by atoms with Crippen molar-refractivity contribution in [3.05, 3.63) is 24.3 Å². The summed E-state index contributed by atoms with van der Waals surface area (Å²) in [4.78, 5) is 0.241. The summed E-state index contributed by atoms with van der Waals surface area (Å²) in [7, 11) is -2.00. The number of hydrogen-bond acceptors (Lipinski definition) is 4. The minimum Gasteiger partial charge on any atom is -0.497 e. The number of methoxy groups -OCH3 is 1. The highest BCUT2D eigenvalue weighted by atomic mass is 35.5. The largest absolute Gasteiger partial charge is 0.497 e. The van der Waals surface area contributed by atoms with Crippen molar-refractivity contribution in [3.63, 3.8) is 0 Å². The number of alkyl halides is 1. The molecular weight excluding hydrogens is 290 g/mol. The summed E-state index contributed by atoms with van der Waals surface area (Å²) in [5, 5.41) is 0. The average Bonchev–Trinajstić information content (AvgIpc) is 2.47. The molecule has 7 heteroatoms. The lowest BCUT2D eigenvalue weighted by atomic mass is 10.3. The van der Waals surface area contributed by atoms with Crippen LogP contribution in [0.3, 0.4) is 0 Å². The van der Waals surface area contributed by atoms with Gasteiger partial charge in [0.25, 0.3) is 0 Å². The van der Waals surface area contributed by atoms with Gasteiger partial charge in [0.05, 0.1) is 31.3 Å². The zero-order valence-corrected chi connectivity index (χ0v) is 12.2. The quantitative estimate of drug-likeness (QED) is 0.787. The zero-order valence-electron chi connectivity index (χ0n) is 10.6. The van der Waals surface area contributed by atoms with Crippen LogP contribution >= 0.6 is 11.6 Å². The van der Waals surface area contributed by atoms with Crippen LogP contribution in [-0.4, -0.2) is 51.5 Å². The summed E-state index contributed by atoms with van der Waals surface area (Å²) in [6.45, 7) is 1.05. The van der Waals surface area contributed by atoms with Crippen LogP contribution in [0.1, 0.15) is 0 Å². The average molecular weight is 306 g/mol. The first-order valence-electron chi connectivity index (χ1n) is 5.89. The second kappa shape index (κ2) is 6.09. The smallest absolute Gasteiger partial charge is 0.243 e. The molecule has 0 spiro atoms. The van der Waals surface area contributed by atoms with Crippen LogP contribution in [0.2, 0.25) is 0 Å². The number of rotatable bonds is 4. The second-order valence-electron chi connectivity index (χ2n) is 4.17. The third-order valence-corrected chi connectivity index (χ3v) is 5.34. The van der Waals surface area contributed by atoms with Crippen molar-refractivity contribution in [2.45, 2.75) is 10.9 Å². The van der Waals surface area contributed by atoms with Crippen molar-refractivity contribution in [1.29, 1.82) is 0 Å². The van der Waals surface area contributed by atoms with Gasteiger partial charge in [0, 0.05) is 12.4 Å². The fraction of sp³-hybridized carbons (Fsp3) is 0.500. The van der Waals surface area contributed by atoms with E-state index < -0.39 is 10.0 Å². The van der Waals surface area contributed by atoms with E-state index in [0.29, 0.717) is 25.5 Å². The number of nitrogens with zero attached hydrogens (tertiary/aromatic N) is 1. The highest BCUT2D eigenvalue weighted by Crippen LogP contribution is 2.23. The van der Waals surface area contributed by atoms with Gasteiger partial charge in [-0.15, -0.1) is 11.6 Å². The van der Waals surface area contributed by atoms with E-state index in [1.54, 1.807) is 12.1 Å². The predicted molar refractivity (Wildman–Crippen MR) is 72.2 cm³/mol. The Morgan fingerprint density at radius 2 is 2.11 bits per heavy atom. The molecule has 0 saturated carbocycles. The monoisotopic (exact) mass is 305 g/mol. The highest BCUT2D eigenvalue weighted by molar-refractivity contribution is 7.89.